The predicted octanol–water partition coefficient (Wildman–Crippen LogP) is -4.10. The van der Waals surface area contributed by atoms with E-state index in [9.17, 15) is 29.7 Å². The molecule has 0 aliphatic rings. The summed E-state index contributed by atoms with van der Waals surface area (Å²) >= 11 is 0. The van der Waals surface area contributed by atoms with Gasteiger partial charge in [-0.05, 0) is 20.8 Å². The van der Waals surface area contributed by atoms with Crippen LogP contribution in [-0.2, 0) is 28.9 Å². The van der Waals surface area contributed by atoms with Crippen molar-refractivity contribution in [1.82, 2.24) is 0 Å². The van der Waals surface area contributed by atoms with Crippen LogP contribution in [-0.4, -0.2) is 73.7 Å². The Labute approximate surface area is 154 Å². The summed E-state index contributed by atoms with van der Waals surface area (Å²) in [6.45, 7) is 3.87. The average Bonchev–Trinajstić information content (AvgIpc) is 2.49. The van der Waals surface area contributed by atoms with Crippen LogP contribution in [0.3, 0.4) is 0 Å². The van der Waals surface area contributed by atoms with Crippen LogP contribution >= 0.6 is 0 Å². The molecule has 0 spiro atoms. The zero-order valence-electron chi connectivity index (χ0n) is 14.6. The quantitative estimate of drug-likeness (QED) is 0.253. The number of carbonyl (C=O) groups excluding carboxylic acids is 3. The van der Waals surface area contributed by atoms with Crippen molar-refractivity contribution in [2.45, 2.75) is 20.8 Å². The molecular formula is C12H18AlN3O9. The van der Waals surface area contributed by atoms with Gasteiger partial charge in [0.1, 0.15) is 21.3 Å². The van der Waals surface area contributed by atoms with Crippen molar-refractivity contribution < 1.29 is 44.2 Å². The number of rotatable bonds is 6. The summed E-state index contributed by atoms with van der Waals surface area (Å²) in [6, 6.07) is 0. The van der Waals surface area contributed by atoms with Crippen LogP contribution in [0.4, 0.5) is 0 Å². The average molecular weight is 375 g/mol. The van der Waals surface area contributed by atoms with Crippen LogP contribution in [0.5, 0.6) is 0 Å². The number of carboxylic acid groups (broad SMARTS) is 3. The van der Waals surface area contributed by atoms with Crippen molar-refractivity contribution in [3.8, 4) is 0 Å². The van der Waals surface area contributed by atoms with Crippen LogP contribution in [0.1, 0.15) is 20.8 Å². The summed E-state index contributed by atoms with van der Waals surface area (Å²) in [6.07, 6.45) is 0. The van der Waals surface area contributed by atoms with Crippen molar-refractivity contribution >= 4 is 52.4 Å². The van der Waals surface area contributed by atoms with E-state index in [1.807, 2.05) is 0 Å². The number of aliphatic carboxylic acids is 3. The molecule has 138 valence electrons. The molecule has 0 fully saturated rings. The summed E-state index contributed by atoms with van der Waals surface area (Å²) in [7, 11) is 3.81. The second kappa shape index (κ2) is 19.4. The van der Waals surface area contributed by atoms with Crippen molar-refractivity contribution in [2.75, 3.05) is 21.3 Å². The van der Waals surface area contributed by atoms with Gasteiger partial charge in [0, 0.05) is 0 Å². The van der Waals surface area contributed by atoms with Crippen LogP contribution in [0.15, 0.2) is 15.5 Å². The molecule has 0 atom stereocenters. The van der Waals surface area contributed by atoms with Gasteiger partial charge in [-0.2, -0.15) is 0 Å². The second-order valence-corrected chi connectivity index (χ2v) is 3.44. The number of nitrogens with zero attached hydrogens (tertiary/aromatic N) is 3. The molecule has 0 saturated carbocycles. The zero-order valence-corrected chi connectivity index (χ0v) is 15.7. The molecule has 0 rings (SSSR count). The normalized spacial score (nSPS) is 10.6. The standard InChI is InChI=1S/3C4H7NO3.Al/c3*1-3(4(6)7)5-8-2;/h3*1-2H3,(H,6,7);/q;;;+3/p-3. The molecule has 0 unspecified atom stereocenters. The summed E-state index contributed by atoms with van der Waals surface area (Å²) in [4.78, 5) is 41.7. The summed E-state index contributed by atoms with van der Waals surface area (Å²) in [5.41, 5.74) is -0.479. The van der Waals surface area contributed by atoms with Gasteiger partial charge in [0.25, 0.3) is 0 Å². The van der Waals surface area contributed by atoms with Gasteiger partial charge in [-0.1, -0.05) is 15.5 Å². The van der Waals surface area contributed by atoms with E-state index in [4.69, 9.17) is 0 Å². The Morgan fingerprint density at radius 1 is 0.600 bits per heavy atom. The summed E-state index contributed by atoms with van der Waals surface area (Å²) in [5.74, 6) is -3.94. The SMILES string of the molecule is CON=C(C)C(=O)[O-].CON=C(C)C(=O)[O-].CON=C(C)C(=O)[O-].[Al+3]. The Morgan fingerprint density at radius 2 is 0.760 bits per heavy atom. The number of hydrogen-bond donors (Lipinski definition) is 0. The predicted molar refractivity (Wildman–Crippen MR) is 81.1 cm³/mol. The van der Waals surface area contributed by atoms with E-state index in [1.165, 1.54) is 42.1 Å². The molecular weight excluding hydrogens is 357 g/mol. The Bertz CT molecular complexity index is 433. The van der Waals surface area contributed by atoms with E-state index < -0.39 is 17.9 Å². The van der Waals surface area contributed by atoms with Gasteiger partial charge in [-0.25, -0.2) is 0 Å². The van der Waals surface area contributed by atoms with Gasteiger partial charge in [-0.15, -0.1) is 0 Å². The maximum atomic E-state index is 9.77. The monoisotopic (exact) mass is 375 g/mol. The first kappa shape index (κ1) is 30.3. The molecule has 12 nitrogen and oxygen atoms in total. The first-order valence-corrected chi connectivity index (χ1v) is 5.92. The molecule has 13 heteroatoms. The first-order valence-electron chi connectivity index (χ1n) is 5.92. The third-order valence-electron chi connectivity index (χ3n) is 1.57. The Morgan fingerprint density at radius 3 is 0.800 bits per heavy atom. The Hall–Kier alpha value is -2.65. The van der Waals surface area contributed by atoms with Gasteiger partial charge in [-0.3, -0.25) is 0 Å². The van der Waals surface area contributed by atoms with Gasteiger partial charge < -0.3 is 44.2 Å². The molecule has 0 aliphatic heterocycles. The third-order valence-corrected chi connectivity index (χ3v) is 1.57. The van der Waals surface area contributed by atoms with E-state index >= 15 is 0 Å². The van der Waals surface area contributed by atoms with Crippen molar-refractivity contribution in [3.63, 3.8) is 0 Å². The van der Waals surface area contributed by atoms with E-state index in [1.54, 1.807) is 0 Å². The van der Waals surface area contributed by atoms with Crippen molar-refractivity contribution in [2.24, 2.45) is 15.5 Å². The van der Waals surface area contributed by atoms with E-state index in [0.29, 0.717) is 0 Å². The number of hydrogen-bond acceptors (Lipinski definition) is 12. The van der Waals surface area contributed by atoms with Crippen LogP contribution in [0, 0.1) is 0 Å². The smallest absolute Gasteiger partial charge is 0.543 e. The summed E-state index contributed by atoms with van der Waals surface area (Å²) < 4.78 is 0. The molecule has 0 radical (unpaired) electrons. The fourth-order valence-corrected chi connectivity index (χ4v) is 0.523. The fourth-order valence-electron chi connectivity index (χ4n) is 0.523. The van der Waals surface area contributed by atoms with Gasteiger partial charge >= 0.3 is 17.4 Å². The molecule has 0 aromatic carbocycles. The molecule has 0 aliphatic carbocycles. The molecule has 0 aromatic heterocycles. The van der Waals surface area contributed by atoms with Crippen LogP contribution < -0.4 is 15.3 Å². The van der Waals surface area contributed by atoms with E-state index in [0.717, 1.165) is 0 Å². The molecule has 0 aromatic rings. The second-order valence-electron chi connectivity index (χ2n) is 3.44. The van der Waals surface area contributed by atoms with Crippen molar-refractivity contribution in [3.05, 3.63) is 0 Å². The van der Waals surface area contributed by atoms with Crippen molar-refractivity contribution in [1.29, 1.82) is 0 Å². The maximum Gasteiger partial charge on any atom is 3.00 e. The van der Waals surface area contributed by atoms with E-state index in [2.05, 4.69) is 30.0 Å². The first-order chi connectivity index (χ1) is 11.0. The van der Waals surface area contributed by atoms with Crippen LogP contribution in [0.25, 0.3) is 0 Å². The minimum Gasteiger partial charge on any atom is -0.543 e. The molecule has 0 amide bonds. The molecule has 0 heterocycles. The van der Waals surface area contributed by atoms with Gasteiger partial charge in [0.05, 0.1) is 35.0 Å². The molecule has 0 saturated heterocycles. The van der Waals surface area contributed by atoms with Crippen LogP contribution in [0.2, 0.25) is 0 Å². The topological polar surface area (TPSA) is 185 Å². The molecule has 0 bridgehead atoms. The maximum absolute atomic E-state index is 9.77. The molecule has 0 N–H and O–H groups in total. The van der Waals surface area contributed by atoms with E-state index in [-0.39, 0.29) is 34.5 Å². The summed E-state index contributed by atoms with van der Waals surface area (Å²) in [5, 5.41) is 38.5. The van der Waals surface area contributed by atoms with Gasteiger partial charge in [0.15, 0.2) is 0 Å². The number of oxime groups is 3. The van der Waals surface area contributed by atoms with Gasteiger partial charge in [0.2, 0.25) is 0 Å². The fraction of sp³-hybridized carbons (Fsp3) is 0.500. The zero-order chi connectivity index (χ0) is 19.7. The molecule has 25 heavy (non-hydrogen) atoms. The third kappa shape index (κ3) is 23.7. The number of carboxylic acids is 3. The minimum atomic E-state index is -1.31. The Kier molecular flexibility index (Phi) is 23.5. The minimum absolute atomic E-state index is 0. The Balaban J connectivity index is -0.000000130. The number of carbonyl (C=O) groups is 3. The largest absolute Gasteiger partial charge is 3.00 e.